The number of nitrogens with two attached hydrogens (primary N) is 1. The molecule has 5 N–H and O–H groups in total. The Kier molecular flexibility index (Phi) is 16.9. The monoisotopic (exact) mass is 685 g/mol. The van der Waals surface area contributed by atoms with E-state index in [0.717, 1.165) is 5.56 Å². The lowest BCUT2D eigenvalue weighted by Gasteiger charge is -2.24. The highest BCUT2D eigenvalue weighted by molar-refractivity contribution is 6.03. The topological polar surface area (TPSA) is 194 Å². The zero-order valence-corrected chi connectivity index (χ0v) is 29.8. The second-order valence-corrected chi connectivity index (χ2v) is 13.8. The molecule has 1 aliphatic heterocycles. The van der Waals surface area contributed by atoms with Crippen LogP contribution in [0, 0.1) is 29.6 Å². The van der Waals surface area contributed by atoms with Gasteiger partial charge >= 0.3 is 12.0 Å². The van der Waals surface area contributed by atoms with Gasteiger partial charge < -0.3 is 26.4 Å². The summed E-state index contributed by atoms with van der Waals surface area (Å²) in [5.74, 6) is -2.87. The quantitative estimate of drug-likeness (QED) is 0.0844. The highest BCUT2D eigenvalue weighted by atomic mass is 16.5. The number of anilines is 1. The molecule has 1 saturated heterocycles. The van der Waals surface area contributed by atoms with E-state index >= 15 is 0 Å². The van der Waals surface area contributed by atoms with E-state index in [0.29, 0.717) is 44.3 Å². The fraction of sp³-hybridized carbons (Fsp3) is 0.639. The molecular weight excluding hydrogens is 630 g/mol. The molecule has 13 nitrogen and oxygen atoms in total. The van der Waals surface area contributed by atoms with Crippen molar-refractivity contribution in [2.45, 2.75) is 106 Å². The van der Waals surface area contributed by atoms with E-state index in [2.05, 4.69) is 16.0 Å². The number of hydrogen-bond acceptors (Lipinski definition) is 8. The molecule has 1 aromatic carbocycles. The molecule has 0 radical (unpaired) electrons. The van der Waals surface area contributed by atoms with E-state index in [1.165, 1.54) is 4.90 Å². The fourth-order valence-corrected chi connectivity index (χ4v) is 5.57. The number of primary amides is 1. The molecule has 0 spiro atoms. The van der Waals surface area contributed by atoms with Crippen LogP contribution in [0.1, 0.15) is 98.5 Å². The van der Waals surface area contributed by atoms with Crippen molar-refractivity contribution in [3.63, 3.8) is 0 Å². The molecule has 6 amide bonds. The van der Waals surface area contributed by atoms with Gasteiger partial charge in [-0.05, 0) is 55.2 Å². The second-order valence-electron chi connectivity index (χ2n) is 13.8. The second kappa shape index (κ2) is 20.3. The minimum absolute atomic E-state index is 0.108. The Morgan fingerprint density at radius 3 is 2.18 bits per heavy atom. The highest BCUT2D eigenvalue weighted by Crippen LogP contribution is 2.27. The van der Waals surface area contributed by atoms with Gasteiger partial charge in [-0.3, -0.25) is 33.7 Å². The van der Waals surface area contributed by atoms with Crippen molar-refractivity contribution in [2.24, 2.45) is 35.3 Å². The largest absolute Gasteiger partial charge is 0.461 e. The summed E-state index contributed by atoms with van der Waals surface area (Å²) in [4.78, 5) is 88.7. The molecule has 1 fully saturated rings. The lowest BCUT2D eigenvalue weighted by molar-refractivity contribution is -0.148. The van der Waals surface area contributed by atoms with Crippen molar-refractivity contribution in [3.05, 3.63) is 29.8 Å². The van der Waals surface area contributed by atoms with Gasteiger partial charge in [0.1, 0.15) is 6.61 Å². The lowest BCUT2D eigenvalue weighted by atomic mass is 9.89. The number of imide groups is 1. The number of rotatable bonds is 21. The molecule has 272 valence electrons. The van der Waals surface area contributed by atoms with E-state index in [4.69, 9.17) is 10.5 Å². The molecule has 1 aliphatic rings. The summed E-state index contributed by atoms with van der Waals surface area (Å²) in [7, 11) is 0. The molecule has 0 aromatic heterocycles. The van der Waals surface area contributed by atoms with Gasteiger partial charge in [0.2, 0.25) is 23.6 Å². The van der Waals surface area contributed by atoms with E-state index in [1.807, 2.05) is 27.7 Å². The first kappa shape index (κ1) is 40.9. The molecule has 0 aliphatic carbocycles. The third kappa shape index (κ3) is 14.0. The molecule has 2 rings (SSSR count). The van der Waals surface area contributed by atoms with Gasteiger partial charge in [-0.15, -0.1) is 0 Å². The van der Waals surface area contributed by atoms with Gasteiger partial charge in [0, 0.05) is 49.9 Å². The van der Waals surface area contributed by atoms with Crippen LogP contribution in [0.4, 0.5) is 10.5 Å². The van der Waals surface area contributed by atoms with Crippen LogP contribution in [0.5, 0.6) is 0 Å². The lowest BCUT2D eigenvalue weighted by Crippen LogP contribution is -2.45. The Hall–Kier alpha value is -4.29. The van der Waals surface area contributed by atoms with Gasteiger partial charge in [-0.25, -0.2) is 4.79 Å². The highest BCUT2D eigenvalue weighted by Gasteiger charge is 2.39. The van der Waals surface area contributed by atoms with Crippen molar-refractivity contribution in [1.82, 2.24) is 15.5 Å². The van der Waals surface area contributed by atoms with Crippen molar-refractivity contribution < 1.29 is 38.3 Å². The van der Waals surface area contributed by atoms with Crippen LogP contribution in [-0.2, 0) is 40.1 Å². The smallest absolute Gasteiger partial charge is 0.312 e. The summed E-state index contributed by atoms with van der Waals surface area (Å²) in [6.07, 6.45) is 2.78. The molecule has 3 unspecified atom stereocenters. The van der Waals surface area contributed by atoms with Crippen molar-refractivity contribution in [2.75, 3.05) is 18.4 Å². The molecule has 49 heavy (non-hydrogen) atoms. The van der Waals surface area contributed by atoms with Gasteiger partial charge in [0.15, 0.2) is 5.78 Å². The maximum absolute atomic E-state index is 13.5. The maximum atomic E-state index is 13.5. The summed E-state index contributed by atoms with van der Waals surface area (Å²) < 4.78 is 5.24. The van der Waals surface area contributed by atoms with Gasteiger partial charge in [-0.2, -0.15) is 0 Å². The number of urea groups is 1. The number of nitrogens with one attached hydrogen (secondary N) is 3. The Morgan fingerprint density at radius 2 is 1.61 bits per heavy atom. The van der Waals surface area contributed by atoms with Gasteiger partial charge in [-0.1, -0.05) is 60.1 Å². The summed E-state index contributed by atoms with van der Waals surface area (Å²) in [5, 5.41) is 8.18. The molecule has 0 saturated carbocycles. The summed E-state index contributed by atoms with van der Waals surface area (Å²) >= 11 is 0. The maximum Gasteiger partial charge on any atom is 0.312 e. The number of carbonyl (C=O) groups excluding carboxylic acids is 7. The predicted octanol–water partition coefficient (Wildman–Crippen LogP) is 4.08. The number of ether oxygens (including phenoxy) is 1. The van der Waals surface area contributed by atoms with Gasteiger partial charge in [0.05, 0.1) is 12.0 Å². The summed E-state index contributed by atoms with van der Waals surface area (Å²) in [5.41, 5.74) is 6.42. The Balaban J connectivity index is 1.94. The van der Waals surface area contributed by atoms with Crippen LogP contribution in [0.3, 0.4) is 0 Å². The molecule has 0 bridgehead atoms. The van der Waals surface area contributed by atoms with E-state index in [9.17, 15) is 33.6 Å². The number of ketones is 1. The van der Waals surface area contributed by atoms with E-state index in [-0.39, 0.29) is 91.5 Å². The average molecular weight is 686 g/mol. The van der Waals surface area contributed by atoms with Crippen molar-refractivity contribution in [1.29, 1.82) is 0 Å². The standard InChI is InChI=1S/C36H55N5O8/c1-22(2)28-20-31(44)41(34(28)46)18-9-7-8-12-30(43)40-32(23(3)4)29(42)19-26(11-10-17-38-36(37)48)33(45)39-27-15-13-25(14-16-27)21-49-35(47)24(5)6/h13-16,22-24,26,28,32H,7-12,17-21H2,1-6H3,(H,39,45)(H,40,43)(H3,37,38,48). The molecule has 1 aromatic rings. The third-order valence-electron chi connectivity index (χ3n) is 8.62. The first-order valence-electron chi connectivity index (χ1n) is 17.4. The third-order valence-corrected chi connectivity index (χ3v) is 8.62. The Labute approximate surface area is 289 Å². The zero-order chi connectivity index (χ0) is 36.7. The number of benzene rings is 1. The summed E-state index contributed by atoms with van der Waals surface area (Å²) in [6, 6.07) is 5.36. The fourth-order valence-electron chi connectivity index (χ4n) is 5.57. The zero-order valence-electron chi connectivity index (χ0n) is 29.8. The first-order valence-corrected chi connectivity index (χ1v) is 17.4. The molecule has 1 heterocycles. The average Bonchev–Trinajstić information content (AvgIpc) is 3.32. The number of nitrogens with zero attached hydrogens (tertiary/aromatic N) is 1. The van der Waals surface area contributed by atoms with E-state index in [1.54, 1.807) is 38.1 Å². The number of unbranched alkanes of at least 4 members (excludes halogenated alkanes) is 2. The normalized spacial score (nSPS) is 15.8. The van der Waals surface area contributed by atoms with Crippen LogP contribution >= 0.6 is 0 Å². The van der Waals surface area contributed by atoms with Crippen molar-refractivity contribution in [3.8, 4) is 0 Å². The van der Waals surface area contributed by atoms with Crippen LogP contribution in [0.25, 0.3) is 0 Å². The number of likely N-dealkylation sites (tertiary alicyclic amines) is 1. The predicted molar refractivity (Wildman–Crippen MR) is 185 cm³/mol. The first-order chi connectivity index (χ1) is 23.1. The number of carbonyl (C=O) groups is 7. The summed E-state index contributed by atoms with van der Waals surface area (Å²) in [6.45, 7) is 11.7. The molecule has 13 heteroatoms. The SMILES string of the molecule is CC(C)C(=O)OCc1ccc(NC(=O)C(CCCNC(N)=O)CC(=O)C(NC(=O)CCCCCN2C(=O)CC(C(C)C)C2=O)C(C)C)cc1. The Morgan fingerprint density at radius 1 is 0.939 bits per heavy atom. The number of esters is 1. The van der Waals surface area contributed by atoms with Crippen LogP contribution in [0.15, 0.2) is 24.3 Å². The van der Waals surface area contributed by atoms with Gasteiger partial charge in [0.25, 0.3) is 0 Å². The Bertz CT molecular complexity index is 1310. The van der Waals surface area contributed by atoms with Crippen LogP contribution < -0.4 is 21.7 Å². The minimum Gasteiger partial charge on any atom is -0.461 e. The van der Waals surface area contributed by atoms with Crippen LogP contribution in [-0.4, -0.2) is 65.4 Å². The van der Waals surface area contributed by atoms with Crippen LogP contribution in [0.2, 0.25) is 0 Å². The molecular formula is C36H55N5O8. The number of Topliss-reactive ketones (excluding diaryl/α,β-unsaturated/α-hetero) is 1. The minimum atomic E-state index is -0.799. The molecule has 3 atom stereocenters. The number of hydrogen-bond donors (Lipinski definition) is 4. The number of amides is 6. The van der Waals surface area contributed by atoms with E-state index < -0.39 is 18.0 Å². The van der Waals surface area contributed by atoms with Crippen molar-refractivity contribution >= 4 is 47.1 Å².